The molecule has 0 aliphatic carbocycles. The molecule has 0 amide bonds. The molecule has 0 radical (unpaired) electrons. The fraction of sp³-hybridized carbons (Fsp3) is 0.385. The van der Waals surface area contributed by atoms with Gasteiger partial charge in [0.25, 0.3) is 5.56 Å². The van der Waals surface area contributed by atoms with Gasteiger partial charge in [-0.2, -0.15) is 4.98 Å². The Morgan fingerprint density at radius 1 is 1.41 bits per heavy atom. The molecule has 2 heterocycles. The molecule has 1 N–H and O–H groups in total. The second kappa shape index (κ2) is 4.57. The number of aromatic nitrogens is 2. The predicted octanol–water partition coefficient (Wildman–Crippen LogP) is 2.05. The van der Waals surface area contributed by atoms with E-state index < -0.39 is 0 Å². The van der Waals surface area contributed by atoms with Gasteiger partial charge in [-0.1, -0.05) is 19.4 Å². The summed E-state index contributed by atoms with van der Waals surface area (Å²) in [6, 6.07) is 5.40. The topological polar surface area (TPSA) is 54.6 Å². The van der Waals surface area contributed by atoms with Crippen LogP contribution in [0.1, 0.15) is 31.0 Å². The van der Waals surface area contributed by atoms with Gasteiger partial charge in [-0.25, -0.2) is 0 Å². The highest BCUT2D eigenvalue weighted by Gasteiger charge is 2.12. The summed E-state index contributed by atoms with van der Waals surface area (Å²) < 4.78 is 1.55. The molecule has 0 aliphatic rings. The van der Waals surface area contributed by atoms with E-state index >= 15 is 0 Å². The molecule has 90 valence electrons. The highest BCUT2D eigenvalue weighted by atomic mass is 16.3. The lowest BCUT2D eigenvalue weighted by atomic mass is 10.1. The van der Waals surface area contributed by atoms with Crippen LogP contribution in [0.2, 0.25) is 0 Å². The van der Waals surface area contributed by atoms with Crippen LogP contribution in [-0.4, -0.2) is 14.5 Å². The van der Waals surface area contributed by atoms with E-state index in [1.807, 2.05) is 26.0 Å². The van der Waals surface area contributed by atoms with E-state index in [-0.39, 0.29) is 11.4 Å². The van der Waals surface area contributed by atoms with Crippen molar-refractivity contribution >= 4 is 5.65 Å². The third kappa shape index (κ3) is 2.02. The molecule has 0 unspecified atom stereocenters. The lowest BCUT2D eigenvalue weighted by Crippen LogP contribution is -2.21. The van der Waals surface area contributed by atoms with Crippen molar-refractivity contribution in [2.45, 2.75) is 33.1 Å². The summed E-state index contributed by atoms with van der Waals surface area (Å²) in [5.74, 6) is -0.131. The zero-order chi connectivity index (χ0) is 12.4. The Morgan fingerprint density at radius 2 is 2.18 bits per heavy atom. The van der Waals surface area contributed by atoms with Crippen LogP contribution in [0, 0.1) is 6.92 Å². The van der Waals surface area contributed by atoms with E-state index in [0.29, 0.717) is 17.6 Å². The van der Waals surface area contributed by atoms with Crippen molar-refractivity contribution in [3.63, 3.8) is 0 Å². The molecular formula is C13H16N2O2. The monoisotopic (exact) mass is 232 g/mol. The molecule has 0 bridgehead atoms. The van der Waals surface area contributed by atoms with E-state index in [1.54, 1.807) is 10.5 Å². The molecule has 0 atom stereocenters. The van der Waals surface area contributed by atoms with Crippen LogP contribution in [0.15, 0.2) is 23.0 Å². The van der Waals surface area contributed by atoms with Gasteiger partial charge in [-0.15, -0.1) is 0 Å². The van der Waals surface area contributed by atoms with Gasteiger partial charge >= 0.3 is 0 Å². The minimum Gasteiger partial charge on any atom is -0.493 e. The first-order valence-electron chi connectivity index (χ1n) is 5.85. The molecular weight excluding hydrogens is 216 g/mol. The summed E-state index contributed by atoms with van der Waals surface area (Å²) in [6.45, 7) is 3.91. The summed E-state index contributed by atoms with van der Waals surface area (Å²) in [6.07, 6.45) is 2.43. The number of aryl methyl sites for hydroxylation is 1. The zero-order valence-electron chi connectivity index (χ0n) is 10.1. The second-order valence-electron chi connectivity index (χ2n) is 4.18. The molecule has 0 aromatic carbocycles. The predicted molar refractivity (Wildman–Crippen MR) is 66.5 cm³/mol. The Morgan fingerprint density at radius 3 is 2.88 bits per heavy atom. The number of pyridine rings is 1. The summed E-state index contributed by atoms with van der Waals surface area (Å²) in [7, 11) is 0. The number of hydrogen-bond donors (Lipinski definition) is 1. The number of rotatable bonds is 3. The minimum atomic E-state index is -0.154. The van der Waals surface area contributed by atoms with Gasteiger partial charge in [0.1, 0.15) is 5.65 Å². The van der Waals surface area contributed by atoms with Crippen LogP contribution < -0.4 is 5.56 Å². The Hall–Kier alpha value is -1.84. The van der Waals surface area contributed by atoms with Crippen LogP contribution in [0.5, 0.6) is 5.88 Å². The zero-order valence-corrected chi connectivity index (χ0v) is 10.1. The molecule has 17 heavy (non-hydrogen) atoms. The third-order valence-electron chi connectivity index (χ3n) is 2.90. The summed E-state index contributed by atoms with van der Waals surface area (Å²) >= 11 is 0. The van der Waals surface area contributed by atoms with E-state index in [0.717, 1.165) is 18.5 Å². The molecule has 2 aromatic heterocycles. The molecule has 4 nitrogen and oxygen atoms in total. The Kier molecular flexibility index (Phi) is 3.13. The van der Waals surface area contributed by atoms with Crippen molar-refractivity contribution in [1.82, 2.24) is 9.38 Å². The fourth-order valence-corrected chi connectivity index (χ4v) is 1.93. The number of hydrogen-bond acceptors (Lipinski definition) is 3. The van der Waals surface area contributed by atoms with Crippen molar-refractivity contribution in [3.8, 4) is 5.88 Å². The van der Waals surface area contributed by atoms with Gasteiger partial charge in [0.2, 0.25) is 5.88 Å². The van der Waals surface area contributed by atoms with Gasteiger partial charge in [0.05, 0.1) is 5.56 Å². The SMILES string of the molecule is CCCCc1c(O)nc2cccc(C)n2c1=O. The standard InChI is InChI=1S/C13H16N2O2/c1-3-4-7-10-12(16)14-11-8-5-6-9(2)15(11)13(10)17/h5-6,8,16H,3-4,7H2,1-2H3. The van der Waals surface area contributed by atoms with Crippen molar-refractivity contribution in [1.29, 1.82) is 0 Å². The van der Waals surface area contributed by atoms with Crippen LogP contribution in [-0.2, 0) is 6.42 Å². The molecule has 0 saturated heterocycles. The van der Waals surface area contributed by atoms with Crippen LogP contribution in [0.25, 0.3) is 5.65 Å². The quantitative estimate of drug-likeness (QED) is 0.881. The van der Waals surface area contributed by atoms with Gasteiger partial charge < -0.3 is 5.11 Å². The normalized spacial score (nSPS) is 10.9. The van der Waals surface area contributed by atoms with Crippen molar-refractivity contribution in [2.75, 3.05) is 0 Å². The molecule has 4 heteroatoms. The van der Waals surface area contributed by atoms with Crippen LogP contribution in [0.4, 0.5) is 0 Å². The molecule has 2 rings (SSSR count). The van der Waals surface area contributed by atoms with E-state index in [2.05, 4.69) is 4.98 Å². The first-order valence-corrected chi connectivity index (χ1v) is 5.85. The Labute approximate surface area is 99.6 Å². The van der Waals surface area contributed by atoms with Crippen LogP contribution >= 0.6 is 0 Å². The van der Waals surface area contributed by atoms with Gasteiger partial charge in [-0.05, 0) is 31.9 Å². The summed E-state index contributed by atoms with van der Waals surface area (Å²) in [5, 5.41) is 9.78. The first kappa shape index (κ1) is 11.6. The molecule has 0 aliphatic heterocycles. The number of nitrogens with zero attached hydrogens (tertiary/aromatic N) is 2. The first-order chi connectivity index (χ1) is 8.15. The number of unbranched alkanes of at least 4 members (excludes halogenated alkanes) is 1. The van der Waals surface area contributed by atoms with Crippen LogP contribution in [0.3, 0.4) is 0 Å². The summed E-state index contributed by atoms with van der Waals surface area (Å²) in [5.41, 5.74) is 1.59. The number of fused-ring (bicyclic) bond motifs is 1. The molecule has 0 fully saturated rings. The average molecular weight is 232 g/mol. The van der Waals surface area contributed by atoms with E-state index in [4.69, 9.17) is 0 Å². The van der Waals surface area contributed by atoms with Gasteiger partial charge in [0, 0.05) is 5.69 Å². The van der Waals surface area contributed by atoms with Gasteiger partial charge in [0.15, 0.2) is 0 Å². The van der Waals surface area contributed by atoms with Crippen molar-refractivity contribution in [2.24, 2.45) is 0 Å². The number of aromatic hydroxyl groups is 1. The Bertz CT molecular complexity index is 602. The molecule has 2 aromatic rings. The molecule has 0 saturated carbocycles. The second-order valence-corrected chi connectivity index (χ2v) is 4.18. The van der Waals surface area contributed by atoms with Crippen molar-refractivity contribution < 1.29 is 5.11 Å². The summed E-state index contributed by atoms with van der Waals surface area (Å²) in [4.78, 5) is 16.3. The average Bonchev–Trinajstić information content (AvgIpc) is 2.28. The largest absolute Gasteiger partial charge is 0.493 e. The Balaban J connectivity index is 2.70. The lowest BCUT2D eigenvalue weighted by Gasteiger charge is -2.08. The maximum atomic E-state index is 12.2. The van der Waals surface area contributed by atoms with E-state index in [1.165, 1.54) is 0 Å². The lowest BCUT2D eigenvalue weighted by molar-refractivity contribution is 0.443. The minimum absolute atomic E-state index is 0.131. The maximum absolute atomic E-state index is 12.2. The highest BCUT2D eigenvalue weighted by Crippen LogP contribution is 2.14. The highest BCUT2D eigenvalue weighted by molar-refractivity contribution is 5.44. The third-order valence-corrected chi connectivity index (χ3v) is 2.90. The van der Waals surface area contributed by atoms with E-state index in [9.17, 15) is 9.90 Å². The smallest absolute Gasteiger partial charge is 0.265 e. The van der Waals surface area contributed by atoms with Crippen molar-refractivity contribution in [3.05, 3.63) is 39.8 Å². The van der Waals surface area contributed by atoms with Gasteiger partial charge in [-0.3, -0.25) is 9.20 Å². The molecule has 0 spiro atoms. The maximum Gasteiger partial charge on any atom is 0.265 e. The fourth-order valence-electron chi connectivity index (χ4n) is 1.93.